The van der Waals surface area contributed by atoms with Crippen molar-refractivity contribution in [1.29, 1.82) is 0 Å². The van der Waals surface area contributed by atoms with Crippen LogP contribution in [0.5, 0.6) is 0 Å². The SMILES string of the molecule is CSCCC(NC(=O)c1ccc(N(C)c2cccnc2)cc1-c1ccccc1C)C(=O)O. The van der Waals surface area contributed by atoms with E-state index in [1.807, 2.05) is 73.7 Å². The standard InChI is InChI=1S/C25H27N3O3S/c1-17-7-4-5-9-20(17)22-15-18(28(2)19-8-6-13-26-16-19)10-11-21(22)24(29)27-23(25(30)31)12-14-32-3/h4-11,13,15-16,23H,12,14H2,1-3H3,(H,27,29)(H,30,31). The van der Waals surface area contributed by atoms with Gasteiger partial charge in [-0.3, -0.25) is 9.78 Å². The van der Waals surface area contributed by atoms with E-state index in [0.29, 0.717) is 17.7 Å². The third-order valence-corrected chi connectivity index (χ3v) is 5.96. The number of nitrogens with zero attached hydrogens (tertiary/aromatic N) is 2. The van der Waals surface area contributed by atoms with Crippen LogP contribution in [-0.4, -0.2) is 47.1 Å². The van der Waals surface area contributed by atoms with Gasteiger partial charge in [0.25, 0.3) is 5.91 Å². The van der Waals surface area contributed by atoms with E-state index in [1.54, 1.807) is 30.2 Å². The first-order valence-corrected chi connectivity index (χ1v) is 11.7. The van der Waals surface area contributed by atoms with Crippen molar-refractivity contribution in [2.24, 2.45) is 0 Å². The Kier molecular flexibility index (Phi) is 7.89. The van der Waals surface area contributed by atoms with Crippen LogP contribution in [0, 0.1) is 6.92 Å². The van der Waals surface area contributed by atoms with Crippen molar-refractivity contribution >= 4 is 35.0 Å². The lowest BCUT2D eigenvalue weighted by molar-refractivity contribution is -0.139. The number of hydrogen-bond acceptors (Lipinski definition) is 5. The van der Waals surface area contributed by atoms with Gasteiger partial charge in [0.2, 0.25) is 0 Å². The second-order valence-corrected chi connectivity index (χ2v) is 8.45. The molecule has 32 heavy (non-hydrogen) atoms. The number of aliphatic carboxylic acids is 1. The van der Waals surface area contributed by atoms with Crippen molar-refractivity contribution in [2.45, 2.75) is 19.4 Å². The Labute approximate surface area is 192 Å². The van der Waals surface area contributed by atoms with Crippen molar-refractivity contribution in [3.63, 3.8) is 0 Å². The number of aryl methyl sites for hydroxylation is 1. The molecule has 0 saturated carbocycles. The number of thioether (sulfide) groups is 1. The van der Waals surface area contributed by atoms with E-state index in [4.69, 9.17) is 0 Å². The van der Waals surface area contributed by atoms with Crippen LogP contribution in [0.2, 0.25) is 0 Å². The number of anilines is 2. The number of carbonyl (C=O) groups excluding carboxylic acids is 1. The Morgan fingerprint density at radius 2 is 1.88 bits per heavy atom. The van der Waals surface area contributed by atoms with Gasteiger partial charge in [-0.2, -0.15) is 11.8 Å². The maximum absolute atomic E-state index is 13.2. The van der Waals surface area contributed by atoms with Crippen LogP contribution in [0.25, 0.3) is 11.1 Å². The Morgan fingerprint density at radius 3 is 2.53 bits per heavy atom. The summed E-state index contributed by atoms with van der Waals surface area (Å²) in [7, 11) is 1.94. The molecule has 1 atom stereocenters. The number of carboxylic acid groups (broad SMARTS) is 1. The first-order valence-electron chi connectivity index (χ1n) is 10.3. The summed E-state index contributed by atoms with van der Waals surface area (Å²) in [5.41, 5.74) is 4.96. The van der Waals surface area contributed by atoms with Gasteiger partial charge in [0.15, 0.2) is 0 Å². The molecule has 0 saturated heterocycles. The van der Waals surface area contributed by atoms with Gasteiger partial charge in [0, 0.05) is 24.5 Å². The van der Waals surface area contributed by atoms with Crippen LogP contribution in [0.4, 0.5) is 11.4 Å². The van der Waals surface area contributed by atoms with E-state index in [1.165, 1.54) is 0 Å². The van der Waals surface area contributed by atoms with Crippen LogP contribution in [-0.2, 0) is 4.79 Å². The quantitative estimate of drug-likeness (QED) is 0.490. The van der Waals surface area contributed by atoms with Crippen molar-refractivity contribution in [2.75, 3.05) is 24.0 Å². The molecule has 0 bridgehead atoms. The molecule has 0 fully saturated rings. The van der Waals surface area contributed by atoms with Crippen LogP contribution in [0.3, 0.4) is 0 Å². The van der Waals surface area contributed by atoms with E-state index in [2.05, 4.69) is 10.3 Å². The van der Waals surface area contributed by atoms with E-state index in [0.717, 1.165) is 28.1 Å². The normalized spacial score (nSPS) is 11.6. The van der Waals surface area contributed by atoms with Crippen molar-refractivity contribution in [1.82, 2.24) is 10.3 Å². The number of amides is 1. The van der Waals surface area contributed by atoms with Gasteiger partial charge in [-0.25, -0.2) is 4.79 Å². The molecule has 3 aromatic rings. The van der Waals surface area contributed by atoms with Gasteiger partial charge < -0.3 is 15.3 Å². The smallest absolute Gasteiger partial charge is 0.326 e. The zero-order chi connectivity index (χ0) is 23.1. The first kappa shape index (κ1) is 23.3. The summed E-state index contributed by atoms with van der Waals surface area (Å²) in [6.07, 6.45) is 5.77. The predicted molar refractivity (Wildman–Crippen MR) is 131 cm³/mol. The van der Waals surface area contributed by atoms with Crippen LogP contribution in [0.15, 0.2) is 67.0 Å². The summed E-state index contributed by atoms with van der Waals surface area (Å²) < 4.78 is 0. The molecule has 0 spiro atoms. The molecule has 0 aliphatic heterocycles. The second-order valence-electron chi connectivity index (χ2n) is 7.46. The largest absolute Gasteiger partial charge is 0.480 e. The molecule has 1 unspecified atom stereocenters. The fourth-order valence-electron chi connectivity index (χ4n) is 3.47. The second kappa shape index (κ2) is 10.8. The average molecular weight is 450 g/mol. The van der Waals surface area contributed by atoms with Gasteiger partial charge in [-0.15, -0.1) is 0 Å². The number of nitrogens with one attached hydrogen (secondary N) is 1. The highest BCUT2D eigenvalue weighted by molar-refractivity contribution is 7.98. The maximum atomic E-state index is 13.2. The minimum atomic E-state index is -1.03. The van der Waals surface area contributed by atoms with E-state index >= 15 is 0 Å². The topological polar surface area (TPSA) is 82.5 Å². The molecule has 1 heterocycles. The molecule has 2 N–H and O–H groups in total. The van der Waals surface area contributed by atoms with Gasteiger partial charge in [-0.05, 0) is 72.4 Å². The molecular formula is C25H27N3O3S. The lowest BCUT2D eigenvalue weighted by Crippen LogP contribution is -2.41. The Bertz CT molecular complexity index is 1090. The van der Waals surface area contributed by atoms with Gasteiger partial charge >= 0.3 is 5.97 Å². The lowest BCUT2D eigenvalue weighted by Gasteiger charge is -2.22. The monoisotopic (exact) mass is 449 g/mol. The molecule has 0 aliphatic rings. The third kappa shape index (κ3) is 5.48. The molecule has 166 valence electrons. The highest BCUT2D eigenvalue weighted by Gasteiger charge is 2.23. The number of carboxylic acids is 1. The molecule has 3 rings (SSSR count). The summed E-state index contributed by atoms with van der Waals surface area (Å²) in [5, 5.41) is 12.2. The zero-order valence-electron chi connectivity index (χ0n) is 18.4. The Hall–Kier alpha value is -3.32. The highest BCUT2D eigenvalue weighted by atomic mass is 32.2. The highest BCUT2D eigenvalue weighted by Crippen LogP contribution is 2.33. The summed E-state index contributed by atoms with van der Waals surface area (Å²) in [6, 6.07) is 16.3. The van der Waals surface area contributed by atoms with Gasteiger partial charge in [-0.1, -0.05) is 24.3 Å². The molecule has 0 aliphatic carbocycles. The average Bonchev–Trinajstić information content (AvgIpc) is 2.81. The first-order chi connectivity index (χ1) is 15.4. The Balaban J connectivity index is 2.03. The summed E-state index contributed by atoms with van der Waals surface area (Å²) in [4.78, 5) is 31.0. The molecule has 0 radical (unpaired) electrons. The third-order valence-electron chi connectivity index (χ3n) is 5.32. The van der Waals surface area contributed by atoms with E-state index in [9.17, 15) is 14.7 Å². The van der Waals surface area contributed by atoms with E-state index < -0.39 is 17.9 Å². The number of hydrogen-bond donors (Lipinski definition) is 2. The number of carbonyl (C=O) groups is 2. The zero-order valence-corrected chi connectivity index (χ0v) is 19.2. The predicted octanol–water partition coefficient (Wildman–Crippen LogP) is 4.76. The van der Waals surface area contributed by atoms with Crippen molar-refractivity contribution in [3.05, 3.63) is 78.1 Å². The number of rotatable bonds is 9. The lowest BCUT2D eigenvalue weighted by atomic mass is 9.94. The molecule has 6 nitrogen and oxygen atoms in total. The molecular weight excluding hydrogens is 422 g/mol. The fraction of sp³-hybridized carbons (Fsp3) is 0.240. The van der Waals surface area contributed by atoms with Crippen LogP contribution < -0.4 is 10.2 Å². The summed E-state index contributed by atoms with van der Waals surface area (Å²) >= 11 is 1.55. The maximum Gasteiger partial charge on any atom is 0.326 e. The van der Waals surface area contributed by atoms with Crippen molar-refractivity contribution < 1.29 is 14.7 Å². The number of benzene rings is 2. The van der Waals surface area contributed by atoms with Gasteiger partial charge in [0.05, 0.1) is 11.9 Å². The van der Waals surface area contributed by atoms with Gasteiger partial charge in [0.1, 0.15) is 6.04 Å². The van der Waals surface area contributed by atoms with Crippen LogP contribution in [0.1, 0.15) is 22.3 Å². The van der Waals surface area contributed by atoms with E-state index in [-0.39, 0.29) is 0 Å². The summed E-state index contributed by atoms with van der Waals surface area (Å²) in [5.74, 6) is -0.776. The fourth-order valence-corrected chi connectivity index (χ4v) is 3.94. The molecule has 1 aromatic heterocycles. The van der Waals surface area contributed by atoms with Crippen LogP contribution >= 0.6 is 11.8 Å². The number of aromatic nitrogens is 1. The number of pyridine rings is 1. The minimum Gasteiger partial charge on any atom is -0.480 e. The summed E-state index contributed by atoms with van der Waals surface area (Å²) in [6.45, 7) is 1.99. The minimum absolute atomic E-state index is 0.365. The molecule has 1 amide bonds. The molecule has 2 aromatic carbocycles. The Morgan fingerprint density at radius 1 is 1.09 bits per heavy atom. The molecule has 7 heteroatoms. The van der Waals surface area contributed by atoms with Crippen molar-refractivity contribution in [3.8, 4) is 11.1 Å².